The first-order chi connectivity index (χ1) is 6.02. The van der Waals surface area contributed by atoms with Crippen molar-refractivity contribution in [1.82, 2.24) is 4.90 Å². The van der Waals surface area contributed by atoms with Crippen molar-refractivity contribution < 1.29 is 0 Å². The molecule has 2 N–H and O–H groups in total. The second kappa shape index (κ2) is 4.25. The lowest BCUT2D eigenvalue weighted by atomic mass is 9.98. The van der Waals surface area contributed by atoms with E-state index in [1.807, 2.05) is 0 Å². The molecule has 1 saturated carbocycles. The van der Waals surface area contributed by atoms with E-state index in [1.165, 1.54) is 31.3 Å². The molecule has 0 aromatic heterocycles. The molecule has 0 spiro atoms. The molecule has 13 heavy (non-hydrogen) atoms. The first kappa shape index (κ1) is 10.7. The molecular weight excluding hydrogens is 160 g/mol. The van der Waals surface area contributed by atoms with Crippen LogP contribution in [0.25, 0.3) is 0 Å². The third kappa shape index (κ3) is 3.49. The average molecular weight is 182 g/mol. The van der Waals surface area contributed by atoms with Gasteiger partial charge in [0.15, 0.2) is 0 Å². The number of likely N-dealkylation sites (N-methyl/N-ethyl adjacent to an activating group) is 1. The lowest BCUT2D eigenvalue weighted by molar-refractivity contribution is 0.263. The van der Waals surface area contributed by atoms with Crippen molar-refractivity contribution in [3.8, 4) is 0 Å². The van der Waals surface area contributed by atoms with E-state index >= 15 is 0 Å². The van der Waals surface area contributed by atoms with Gasteiger partial charge in [-0.3, -0.25) is 0 Å². The van der Waals surface area contributed by atoms with Crippen molar-refractivity contribution in [2.24, 2.45) is 5.73 Å². The van der Waals surface area contributed by atoms with Gasteiger partial charge >= 0.3 is 0 Å². The molecular formula is C11H22N2. The van der Waals surface area contributed by atoms with Crippen molar-refractivity contribution >= 4 is 0 Å². The number of hydrogen-bond acceptors (Lipinski definition) is 2. The Morgan fingerprint density at radius 3 is 2.46 bits per heavy atom. The number of hydrogen-bond donors (Lipinski definition) is 1. The minimum Gasteiger partial charge on any atom is -0.324 e. The number of nitrogens with zero attached hydrogens (tertiary/aromatic N) is 1. The van der Waals surface area contributed by atoms with Crippen LogP contribution >= 0.6 is 0 Å². The fourth-order valence-electron chi connectivity index (χ4n) is 2.29. The van der Waals surface area contributed by atoms with E-state index in [9.17, 15) is 0 Å². The molecule has 0 saturated heterocycles. The Kier molecular flexibility index (Phi) is 3.51. The number of rotatable bonds is 4. The summed E-state index contributed by atoms with van der Waals surface area (Å²) in [4.78, 5) is 2.29. The predicted octanol–water partition coefficient (Wildman–Crippen LogP) is 1.77. The van der Waals surface area contributed by atoms with E-state index in [-0.39, 0.29) is 5.54 Å². The summed E-state index contributed by atoms with van der Waals surface area (Å²) in [7, 11) is 2.13. The zero-order chi connectivity index (χ0) is 9.90. The molecule has 0 aromatic rings. The van der Waals surface area contributed by atoms with Gasteiger partial charge in [-0.2, -0.15) is 0 Å². The summed E-state index contributed by atoms with van der Waals surface area (Å²) >= 11 is 0. The molecule has 76 valence electrons. The highest BCUT2D eigenvalue weighted by atomic mass is 15.1. The molecule has 0 amide bonds. The van der Waals surface area contributed by atoms with Gasteiger partial charge in [0.25, 0.3) is 0 Å². The van der Waals surface area contributed by atoms with Crippen LogP contribution in [0.4, 0.5) is 0 Å². The van der Waals surface area contributed by atoms with Crippen LogP contribution in [0.15, 0.2) is 12.2 Å². The molecule has 1 aliphatic rings. The Hall–Kier alpha value is -0.340. The Bertz CT molecular complexity index is 181. The van der Waals surface area contributed by atoms with E-state index < -0.39 is 0 Å². The van der Waals surface area contributed by atoms with E-state index in [2.05, 4.69) is 25.5 Å². The fraction of sp³-hybridized carbons (Fsp3) is 0.818. The van der Waals surface area contributed by atoms with E-state index in [4.69, 9.17) is 5.73 Å². The Labute approximate surface area is 81.8 Å². The van der Waals surface area contributed by atoms with Crippen LogP contribution in [-0.2, 0) is 0 Å². The molecule has 0 aromatic carbocycles. The Morgan fingerprint density at radius 1 is 1.46 bits per heavy atom. The maximum Gasteiger partial charge on any atom is 0.0283 e. The van der Waals surface area contributed by atoms with Gasteiger partial charge in [-0.05, 0) is 26.8 Å². The molecule has 1 rings (SSSR count). The maximum atomic E-state index is 6.26. The second-order valence-electron chi connectivity index (χ2n) is 4.70. The summed E-state index contributed by atoms with van der Waals surface area (Å²) < 4.78 is 0. The van der Waals surface area contributed by atoms with Crippen LogP contribution in [-0.4, -0.2) is 30.6 Å². The molecule has 0 aliphatic heterocycles. The van der Waals surface area contributed by atoms with Crippen molar-refractivity contribution in [2.45, 2.75) is 38.1 Å². The molecule has 0 bridgehead atoms. The van der Waals surface area contributed by atoms with Gasteiger partial charge in [-0.15, -0.1) is 0 Å². The average Bonchev–Trinajstić information content (AvgIpc) is 2.33. The van der Waals surface area contributed by atoms with Gasteiger partial charge < -0.3 is 10.6 Å². The largest absolute Gasteiger partial charge is 0.324 e. The van der Waals surface area contributed by atoms with Crippen LogP contribution in [0.3, 0.4) is 0 Å². The lowest BCUT2D eigenvalue weighted by Gasteiger charge is -2.29. The second-order valence-corrected chi connectivity index (χ2v) is 4.70. The van der Waals surface area contributed by atoms with Crippen LogP contribution in [0.5, 0.6) is 0 Å². The summed E-state index contributed by atoms with van der Waals surface area (Å²) in [5.74, 6) is 0. The third-order valence-electron chi connectivity index (χ3n) is 2.72. The minimum atomic E-state index is 0.0875. The summed E-state index contributed by atoms with van der Waals surface area (Å²) in [5.41, 5.74) is 7.56. The first-order valence-corrected chi connectivity index (χ1v) is 5.14. The van der Waals surface area contributed by atoms with Crippen LogP contribution in [0.1, 0.15) is 32.6 Å². The van der Waals surface area contributed by atoms with Crippen molar-refractivity contribution in [3.63, 3.8) is 0 Å². The zero-order valence-corrected chi connectivity index (χ0v) is 8.97. The predicted molar refractivity (Wildman–Crippen MR) is 57.7 cm³/mol. The van der Waals surface area contributed by atoms with Crippen LogP contribution < -0.4 is 5.73 Å². The van der Waals surface area contributed by atoms with Crippen LogP contribution in [0, 0.1) is 0 Å². The molecule has 0 heterocycles. The molecule has 1 aliphatic carbocycles. The fourth-order valence-corrected chi connectivity index (χ4v) is 2.29. The molecule has 0 unspecified atom stereocenters. The SMILES string of the molecule is C=C(C)CN(C)CC1(N)CCCC1. The summed E-state index contributed by atoms with van der Waals surface area (Å²) in [5, 5.41) is 0. The minimum absolute atomic E-state index is 0.0875. The number of nitrogens with two attached hydrogens (primary N) is 1. The van der Waals surface area contributed by atoms with Crippen molar-refractivity contribution in [1.29, 1.82) is 0 Å². The van der Waals surface area contributed by atoms with E-state index in [1.54, 1.807) is 0 Å². The Morgan fingerprint density at radius 2 is 2.00 bits per heavy atom. The molecule has 2 heteroatoms. The van der Waals surface area contributed by atoms with Gasteiger partial charge in [-0.1, -0.05) is 25.0 Å². The highest BCUT2D eigenvalue weighted by Crippen LogP contribution is 2.27. The quantitative estimate of drug-likeness (QED) is 0.671. The van der Waals surface area contributed by atoms with Crippen LogP contribution in [0.2, 0.25) is 0 Å². The topological polar surface area (TPSA) is 29.3 Å². The summed E-state index contributed by atoms with van der Waals surface area (Å²) in [6.07, 6.45) is 4.98. The van der Waals surface area contributed by atoms with Gasteiger partial charge in [-0.25, -0.2) is 0 Å². The molecule has 2 nitrogen and oxygen atoms in total. The van der Waals surface area contributed by atoms with Gasteiger partial charge in [0.2, 0.25) is 0 Å². The van der Waals surface area contributed by atoms with Crippen molar-refractivity contribution in [3.05, 3.63) is 12.2 Å². The summed E-state index contributed by atoms with van der Waals surface area (Å²) in [6, 6.07) is 0. The Balaban J connectivity index is 2.33. The lowest BCUT2D eigenvalue weighted by Crippen LogP contribution is -2.47. The molecule has 1 fully saturated rings. The summed E-state index contributed by atoms with van der Waals surface area (Å²) in [6.45, 7) is 7.96. The van der Waals surface area contributed by atoms with Crippen molar-refractivity contribution in [2.75, 3.05) is 20.1 Å². The normalized spacial score (nSPS) is 20.9. The zero-order valence-electron chi connectivity index (χ0n) is 8.97. The van der Waals surface area contributed by atoms with Gasteiger partial charge in [0.1, 0.15) is 0 Å². The molecule has 0 radical (unpaired) electrons. The highest BCUT2D eigenvalue weighted by Gasteiger charge is 2.30. The standard InChI is InChI=1S/C11H22N2/c1-10(2)8-13(3)9-11(12)6-4-5-7-11/h1,4-9,12H2,2-3H3. The third-order valence-corrected chi connectivity index (χ3v) is 2.72. The molecule has 0 atom stereocenters. The smallest absolute Gasteiger partial charge is 0.0283 e. The van der Waals surface area contributed by atoms with Gasteiger partial charge in [0, 0.05) is 18.6 Å². The monoisotopic (exact) mass is 182 g/mol. The van der Waals surface area contributed by atoms with Gasteiger partial charge in [0.05, 0.1) is 0 Å². The maximum absolute atomic E-state index is 6.26. The highest BCUT2D eigenvalue weighted by molar-refractivity contribution is 4.96. The first-order valence-electron chi connectivity index (χ1n) is 5.14. The van der Waals surface area contributed by atoms with E-state index in [0.717, 1.165) is 13.1 Å². The van der Waals surface area contributed by atoms with E-state index in [0.29, 0.717) is 0 Å².